The van der Waals surface area contributed by atoms with Gasteiger partial charge in [-0.3, -0.25) is 19.0 Å². The first-order chi connectivity index (χ1) is 25.1. The molecule has 8 rings (SSSR count). The highest BCUT2D eigenvalue weighted by molar-refractivity contribution is 7.92. The van der Waals surface area contributed by atoms with Crippen LogP contribution in [0.3, 0.4) is 0 Å². The first-order valence-electron chi connectivity index (χ1n) is 18.7. The molecule has 12 heteroatoms. The third-order valence-electron chi connectivity index (χ3n) is 11.8. The quantitative estimate of drug-likeness (QED) is 0.337. The van der Waals surface area contributed by atoms with Gasteiger partial charge in [0, 0.05) is 31.2 Å². The average molecular weight is 728 g/mol. The number of aryl methyl sites for hydroxylation is 2. The average Bonchev–Trinajstić information content (AvgIpc) is 3.49. The Morgan fingerprint density at radius 1 is 1.15 bits per heavy atom. The number of anilines is 1. The van der Waals surface area contributed by atoms with Crippen molar-refractivity contribution < 1.29 is 28.0 Å². The Hall–Kier alpha value is -4.00. The molecule has 5 aliphatic rings. The van der Waals surface area contributed by atoms with Crippen LogP contribution in [0.4, 0.5) is 5.69 Å². The van der Waals surface area contributed by atoms with Crippen LogP contribution in [0.2, 0.25) is 0 Å². The number of amides is 2. The number of carbonyl (C=O) groups excluding carboxylic acids is 2. The maximum Gasteiger partial charge on any atom is 0.286 e. The number of hydrogen-bond donors (Lipinski definition) is 1. The molecule has 2 aliphatic carbocycles. The lowest BCUT2D eigenvalue weighted by Crippen LogP contribution is -2.49. The molecule has 6 atom stereocenters. The Morgan fingerprint density at radius 3 is 2.85 bits per heavy atom. The molecule has 1 N–H and O–H groups in total. The van der Waals surface area contributed by atoms with Crippen LogP contribution in [-0.4, -0.2) is 71.1 Å². The fourth-order valence-electron chi connectivity index (χ4n) is 8.93. The number of rotatable bonds is 3. The summed E-state index contributed by atoms with van der Waals surface area (Å²) >= 11 is 0. The van der Waals surface area contributed by atoms with Gasteiger partial charge in [0.1, 0.15) is 15.7 Å². The highest BCUT2D eigenvalue weighted by Crippen LogP contribution is 2.47. The molecule has 4 heterocycles. The van der Waals surface area contributed by atoms with Gasteiger partial charge in [-0.25, -0.2) is 4.21 Å². The summed E-state index contributed by atoms with van der Waals surface area (Å²) in [6.45, 7) is 7.59. The van der Waals surface area contributed by atoms with Gasteiger partial charge >= 0.3 is 0 Å². The number of methoxy groups -OCH3 is 1. The van der Waals surface area contributed by atoms with Crippen molar-refractivity contribution in [2.24, 2.45) is 22.1 Å². The maximum atomic E-state index is 14.6. The van der Waals surface area contributed by atoms with Crippen LogP contribution in [0.1, 0.15) is 82.3 Å². The molecule has 1 spiro atoms. The van der Waals surface area contributed by atoms with E-state index in [1.807, 2.05) is 19.1 Å². The molecular weight excluding hydrogens is 679 g/mol. The lowest BCUT2D eigenvalue weighted by atomic mass is 9.68. The molecule has 2 amide bonds. The van der Waals surface area contributed by atoms with E-state index in [0.717, 1.165) is 62.3 Å². The van der Waals surface area contributed by atoms with Crippen molar-refractivity contribution in [3.63, 3.8) is 0 Å². The number of benzene rings is 2. The summed E-state index contributed by atoms with van der Waals surface area (Å²) in [5.41, 5.74) is 5.84. The Kier molecular flexibility index (Phi) is 9.50. The number of allylic oxidation sites excluding steroid dienone is 1. The van der Waals surface area contributed by atoms with E-state index in [2.05, 4.69) is 56.4 Å². The Bertz CT molecular complexity index is 2010. The van der Waals surface area contributed by atoms with Gasteiger partial charge in [-0.1, -0.05) is 42.8 Å². The number of carbonyl (C=O) groups is 2. The van der Waals surface area contributed by atoms with Crippen LogP contribution in [0.25, 0.3) is 0 Å². The Morgan fingerprint density at radius 2 is 2.04 bits per heavy atom. The van der Waals surface area contributed by atoms with Gasteiger partial charge in [-0.2, -0.15) is 5.10 Å². The second-order valence-electron chi connectivity index (χ2n) is 15.5. The minimum atomic E-state index is -3.56. The normalized spacial score (nSPS) is 30.8. The first kappa shape index (κ1) is 35.1. The third kappa shape index (κ3) is 6.80. The van der Waals surface area contributed by atoms with Crippen LogP contribution >= 0.6 is 0 Å². The van der Waals surface area contributed by atoms with Gasteiger partial charge in [0.25, 0.3) is 11.8 Å². The van der Waals surface area contributed by atoms with Crippen LogP contribution in [0.5, 0.6) is 5.75 Å². The van der Waals surface area contributed by atoms with Crippen LogP contribution in [0, 0.1) is 24.7 Å². The largest absolute Gasteiger partial charge is 0.490 e. The van der Waals surface area contributed by atoms with Crippen LogP contribution in [-0.2, 0) is 44.4 Å². The van der Waals surface area contributed by atoms with Gasteiger partial charge in [0.05, 0.1) is 49.6 Å². The molecule has 0 radical (unpaired) electrons. The molecular formula is C40H49N5O6S. The zero-order chi connectivity index (χ0) is 36.0. The number of nitrogens with one attached hydrogen (secondary N) is 1. The van der Waals surface area contributed by atoms with Crippen molar-refractivity contribution in [2.75, 3.05) is 44.1 Å². The van der Waals surface area contributed by atoms with Crippen molar-refractivity contribution >= 4 is 27.4 Å². The number of aromatic nitrogens is 2. The molecule has 2 aromatic carbocycles. The standard InChI is InChI=1S/C40H49N5O6S/c1-26-9-13-33-28(18-26)7-5-15-40(33)24-44-21-30-10-12-32(30)36(49-3)8-4-6-27(2)23-52(48,42-38(46)29-11-14-37(51-25-40)35(44)19-29)43-39(47)34-20-31-22-50-17-16-45(31)41-34/h4,8-9,11,13-14,18-20,27,30,32,36H,5-7,10,12,15-17,21-25H2,1-3H3,(H,42,43,46,47,48)/b8-4+/t27-,30-,32+,36-,40-,52?/m0/s1. The summed E-state index contributed by atoms with van der Waals surface area (Å²) in [6.07, 6.45) is 10.1. The SMILES string of the molecule is CO[C@H]1/C=C/C[C@H](C)CS(=O)(NC(=O)c2cc3n(n2)CCOC3)=NC(=O)c2ccc3c(c2)N(C[C@@H]2CC[C@H]21)C[C@@]1(CCCc2cc(C)ccc21)CO3. The van der Waals surface area contributed by atoms with Gasteiger partial charge in [-0.15, -0.1) is 4.36 Å². The number of ether oxygens (including phenoxy) is 3. The van der Waals surface area contributed by atoms with Gasteiger partial charge in [0.15, 0.2) is 5.69 Å². The van der Waals surface area contributed by atoms with E-state index >= 15 is 0 Å². The molecule has 3 aliphatic heterocycles. The summed E-state index contributed by atoms with van der Waals surface area (Å²) in [4.78, 5) is 30.0. The topological polar surface area (TPSA) is 124 Å². The number of hydrogen-bond acceptors (Lipinski definition) is 8. The van der Waals surface area contributed by atoms with E-state index in [9.17, 15) is 13.8 Å². The zero-order valence-electron chi connectivity index (χ0n) is 30.3. The highest BCUT2D eigenvalue weighted by atomic mass is 32.2. The minimum absolute atomic E-state index is 0.00320. The third-order valence-corrected chi connectivity index (χ3v) is 13.7. The van der Waals surface area contributed by atoms with E-state index in [1.165, 1.54) is 16.7 Å². The predicted molar refractivity (Wildman–Crippen MR) is 199 cm³/mol. The summed E-state index contributed by atoms with van der Waals surface area (Å²) in [7, 11) is -1.78. The smallest absolute Gasteiger partial charge is 0.286 e. The first-order valence-corrected chi connectivity index (χ1v) is 20.4. The molecule has 3 aromatic rings. The van der Waals surface area contributed by atoms with Gasteiger partial charge in [0.2, 0.25) is 0 Å². The summed E-state index contributed by atoms with van der Waals surface area (Å²) in [5, 5.41) is 4.41. The summed E-state index contributed by atoms with van der Waals surface area (Å²) in [5.74, 6) is 0.0523. The van der Waals surface area contributed by atoms with E-state index in [1.54, 1.807) is 23.9 Å². The highest BCUT2D eigenvalue weighted by Gasteiger charge is 2.44. The zero-order valence-corrected chi connectivity index (χ0v) is 31.2. The van der Waals surface area contributed by atoms with E-state index in [-0.39, 0.29) is 28.9 Å². The molecule has 1 saturated carbocycles. The van der Waals surface area contributed by atoms with Crippen LogP contribution in [0.15, 0.2) is 59.0 Å². The molecule has 1 aromatic heterocycles. The predicted octanol–water partition coefficient (Wildman–Crippen LogP) is 5.79. The summed E-state index contributed by atoms with van der Waals surface area (Å²) < 4.78 is 41.6. The van der Waals surface area contributed by atoms with Gasteiger partial charge < -0.3 is 19.1 Å². The fourth-order valence-corrected chi connectivity index (χ4v) is 10.8. The molecule has 0 saturated heterocycles. The Labute approximate surface area is 306 Å². The lowest BCUT2D eigenvalue weighted by Gasteiger charge is -2.46. The second-order valence-corrected chi connectivity index (χ2v) is 17.5. The fraction of sp³-hybridized carbons (Fsp3) is 0.525. The van der Waals surface area contributed by atoms with Crippen molar-refractivity contribution in [1.82, 2.24) is 14.5 Å². The van der Waals surface area contributed by atoms with Crippen LogP contribution < -0.4 is 14.4 Å². The van der Waals surface area contributed by atoms with E-state index in [4.69, 9.17) is 14.2 Å². The van der Waals surface area contributed by atoms with Crippen molar-refractivity contribution in [3.05, 3.63) is 88.3 Å². The number of nitrogens with zero attached hydrogens (tertiary/aromatic N) is 4. The molecule has 52 heavy (non-hydrogen) atoms. The molecule has 11 nitrogen and oxygen atoms in total. The van der Waals surface area contributed by atoms with Gasteiger partial charge in [-0.05, 0) is 98.6 Å². The van der Waals surface area contributed by atoms with E-state index in [0.29, 0.717) is 50.2 Å². The summed E-state index contributed by atoms with van der Waals surface area (Å²) in [6, 6.07) is 13.9. The Balaban J connectivity index is 1.18. The van der Waals surface area contributed by atoms with Crippen molar-refractivity contribution in [3.8, 4) is 5.75 Å². The monoisotopic (exact) mass is 727 g/mol. The van der Waals surface area contributed by atoms with Crippen molar-refractivity contribution in [2.45, 2.75) is 77.0 Å². The lowest BCUT2D eigenvalue weighted by molar-refractivity contribution is 0.0131. The second kappa shape index (κ2) is 14.1. The number of fused-ring (bicyclic) bond motifs is 5. The molecule has 276 valence electrons. The maximum absolute atomic E-state index is 14.6. The molecule has 1 fully saturated rings. The minimum Gasteiger partial charge on any atom is -0.490 e. The van der Waals surface area contributed by atoms with E-state index < -0.39 is 21.7 Å². The molecule has 1 unspecified atom stereocenters. The van der Waals surface area contributed by atoms with Crippen molar-refractivity contribution in [1.29, 1.82) is 0 Å². The molecule has 2 bridgehead atoms.